The molecule has 1 rings (SSSR count). The van der Waals surface area contributed by atoms with Crippen molar-refractivity contribution in [2.75, 3.05) is 13.7 Å². The maximum atomic E-state index is 12.0. The molecule has 1 unspecified atom stereocenters. The van der Waals surface area contributed by atoms with E-state index >= 15 is 0 Å². The van der Waals surface area contributed by atoms with Gasteiger partial charge in [-0.2, -0.15) is 13.2 Å². The average Bonchev–Trinajstić information content (AvgIpc) is 2.34. The highest BCUT2D eigenvalue weighted by atomic mass is 19.4. The number of halogens is 3. The molecule has 1 saturated heterocycles. The van der Waals surface area contributed by atoms with Gasteiger partial charge in [-0.15, -0.1) is 0 Å². The Hall–Kier alpha value is -1.27. The lowest BCUT2D eigenvalue weighted by atomic mass is 10.0. The molecule has 0 saturated carbocycles. The molecule has 0 bridgehead atoms. The van der Waals surface area contributed by atoms with Gasteiger partial charge in [0.15, 0.2) is 0 Å². The summed E-state index contributed by atoms with van der Waals surface area (Å²) in [4.78, 5) is 24.3. The second kappa shape index (κ2) is 6.06. The molecule has 4 nitrogen and oxygen atoms in total. The number of amides is 1. The molecule has 0 aromatic carbocycles. The van der Waals surface area contributed by atoms with Crippen molar-refractivity contribution in [2.45, 2.75) is 44.3 Å². The smallest absolute Gasteiger partial charge is 0.389 e. The van der Waals surface area contributed by atoms with Crippen molar-refractivity contribution < 1.29 is 27.5 Å². The Morgan fingerprint density at radius 2 is 2.00 bits per heavy atom. The Morgan fingerprint density at radius 1 is 1.33 bits per heavy atom. The van der Waals surface area contributed by atoms with Crippen LogP contribution >= 0.6 is 0 Å². The fourth-order valence-corrected chi connectivity index (χ4v) is 2.00. The average molecular weight is 267 g/mol. The van der Waals surface area contributed by atoms with Crippen LogP contribution in [0.15, 0.2) is 0 Å². The van der Waals surface area contributed by atoms with E-state index in [9.17, 15) is 22.8 Å². The molecule has 1 fully saturated rings. The molecule has 7 heteroatoms. The molecule has 1 aliphatic heterocycles. The van der Waals surface area contributed by atoms with E-state index in [0.29, 0.717) is 19.4 Å². The molecule has 0 spiro atoms. The number of methoxy groups -OCH3 is 1. The van der Waals surface area contributed by atoms with Gasteiger partial charge in [-0.3, -0.25) is 4.79 Å². The normalized spacial score (nSPS) is 20.7. The molecule has 0 aromatic heterocycles. The Balaban J connectivity index is 2.60. The fraction of sp³-hybridized carbons (Fsp3) is 0.818. The van der Waals surface area contributed by atoms with Gasteiger partial charge in [-0.1, -0.05) is 0 Å². The maximum Gasteiger partial charge on any atom is 0.389 e. The number of ether oxygens (including phenoxy) is 1. The number of esters is 1. The third-order valence-corrected chi connectivity index (χ3v) is 2.92. The van der Waals surface area contributed by atoms with Gasteiger partial charge in [-0.05, 0) is 19.3 Å². The number of rotatable bonds is 3. The second-order valence-electron chi connectivity index (χ2n) is 4.24. The van der Waals surface area contributed by atoms with Gasteiger partial charge in [0.2, 0.25) is 5.91 Å². The number of nitrogens with zero attached hydrogens (tertiary/aromatic N) is 1. The topological polar surface area (TPSA) is 46.6 Å². The number of carbonyl (C=O) groups excluding carboxylic acids is 2. The molecule has 0 radical (unpaired) electrons. The number of hydrogen-bond acceptors (Lipinski definition) is 3. The van der Waals surface area contributed by atoms with E-state index in [1.807, 2.05) is 0 Å². The van der Waals surface area contributed by atoms with E-state index in [2.05, 4.69) is 4.74 Å². The van der Waals surface area contributed by atoms with Crippen molar-refractivity contribution in [1.29, 1.82) is 0 Å². The SMILES string of the molecule is COC(=O)C1CCCCN1C(=O)CCC(F)(F)F. The lowest BCUT2D eigenvalue weighted by molar-refractivity contribution is -0.159. The molecular formula is C11H16F3NO3. The molecule has 104 valence electrons. The van der Waals surface area contributed by atoms with Crippen molar-refractivity contribution in [3.63, 3.8) is 0 Å². The third kappa shape index (κ3) is 4.19. The van der Waals surface area contributed by atoms with Crippen LogP contribution in [-0.2, 0) is 14.3 Å². The summed E-state index contributed by atoms with van der Waals surface area (Å²) in [5.41, 5.74) is 0. The predicted octanol–water partition coefficient (Wildman–Crippen LogP) is 1.88. The zero-order valence-electron chi connectivity index (χ0n) is 10.1. The number of hydrogen-bond donors (Lipinski definition) is 0. The predicted molar refractivity (Wildman–Crippen MR) is 56.7 cm³/mol. The van der Waals surface area contributed by atoms with E-state index < -0.39 is 36.9 Å². The number of piperidine rings is 1. The van der Waals surface area contributed by atoms with E-state index in [4.69, 9.17) is 0 Å². The van der Waals surface area contributed by atoms with Crippen molar-refractivity contribution in [3.8, 4) is 0 Å². The zero-order chi connectivity index (χ0) is 13.8. The standard InChI is InChI=1S/C11H16F3NO3/c1-18-10(17)8-4-2-3-7-15(8)9(16)5-6-11(12,13)14/h8H,2-7H2,1H3. The van der Waals surface area contributed by atoms with E-state index in [0.717, 1.165) is 6.42 Å². The van der Waals surface area contributed by atoms with Gasteiger partial charge in [0.25, 0.3) is 0 Å². The summed E-state index contributed by atoms with van der Waals surface area (Å²) in [5.74, 6) is -1.20. The molecule has 18 heavy (non-hydrogen) atoms. The Labute approximate surface area is 103 Å². The summed E-state index contributed by atoms with van der Waals surface area (Å²) in [7, 11) is 1.20. The molecule has 1 amide bonds. The Kier molecular flexibility index (Phi) is 4.98. The van der Waals surface area contributed by atoms with Crippen LogP contribution in [0.25, 0.3) is 0 Å². The number of likely N-dealkylation sites (tertiary alicyclic amines) is 1. The van der Waals surface area contributed by atoms with Crippen LogP contribution < -0.4 is 0 Å². The first-order valence-corrected chi connectivity index (χ1v) is 5.79. The summed E-state index contributed by atoms with van der Waals surface area (Å²) in [5, 5.41) is 0. The number of carbonyl (C=O) groups is 2. The molecule has 1 aliphatic rings. The fourth-order valence-electron chi connectivity index (χ4n) is 2.00. The highest BCUT2D eigenvalue weighted by molar-refractivity contribution is 5.84. The van der Waals surface area contributed by atoms with Crippen molar-refractivity contribution in [3.05, 3.63) is 0 Å². The maximum absolute atomic E-state index is 12.0. The van der Waals surface area contributed by atoms with Crippen molar-refractivity contribution in [2.24, 2.45) is 0 Å². The Morgan fingerprint density at radius 3 is 2.56 bits per heavy atom. The van der Waals surface area contributed by atoms with Crippen LogP contribution in [0, 0.1) is 0 Å². The minimum atomic E-state index is -4.35. The number of alkyl halides is 3. The van der Waals surface area contributed by atoms with E-state index in [1.165, 1.54) is 12.0 Å². The highest BCUT2D eigenvalue weighted by Crippen LogP contribution is 2.24. The van der Waals surface area contributed by atoms with Crippen LogP contribution in [0.4, 0.5) is 13.2 Å². The highest BCUT2D eigenvalue weighted by Gasteiger charge is 2.35. The molecule has 1 heterocycles. The van der Waals surface area contributed by atoms with Crippen LogP contribution in [0.2, 0.25) is 0 Å². The lowest BCUT2D eigenvalue weighted by Crippen LogP contribution is -2.48. The van der Waals surface area contributed by atoms with Gasteiger partial charge in [0.1, 0.15) is 6.04 Å². The summed E-state index contributed by atoms with van der Waals surface area (Å²) in [6.45, 7) is 0.316. The largest absolute Gasteiger partial charge is 0.467 e. The second-order valence-corrected chi connectivity index (χ2v) is 4.24. The minimum Gasteiger partial charge on any atom is -0.467 e. The Bertz CT molecular complexity index is 317. The van der Waals surface area contributed by atoms with Crippen LogP contribution in [0.3, 0.4) is 0 Å². The van der Waals surface area contributed by atoms with Crippen LogP contribution in [0.5, 0.6) is 0 Å². The van der Waals surface area contributed by atoms with E-state index in [-0.39, 0.29) is 0 Å². The monoisotopic (exact) mass is 267 g/mol. The van der Waals surface area contributed by atoms with E-state index in [1.54, 1.807) is 0 Å². The zero-order valence-corrected chi connectivity index (χ0v) is 10.1. The van der Waals surface area contributed by atoms with Gasteiger partial charge in [-0.25, -0.2) is 4.79 Å². The summed E-state index contributed by atoms with van der Waals surface area (Å²) < 4.78 is 40.7. The van der Waals surface area contributed by atoms with Crippen molar-refractivity contribution >= 4 is 11.9 Å². The molecular weight excluding hydrogens is 251 g/mol. The van der Waals surface area contributed by atoms with Gasteiger partial charge >= 0.3 is 12.1 Å². The summed E-state index contributed by atoms with van der Waals surface area (Å²) in [6, 6.07) is -0.732. The molecule has 0 N–H and O–H groups in total. The first-order chi connectivity index (χ1) is 8.35. The first-order valence-electron chi connectivity index (χ1n) is 5.79. The molecule has 1 atom stereocenters. The van der Waals surface area contributed by atoms with Gasteiger partial charge < -0.3 is 9.64 Å². The quantitative estimate of drug-likeness (QED) is 0.733. The summed E-state index contributed by atoms with van der Waals surface area (Å²) in [6.07, 6.45) is -4.21. The molecule has 0 aromatic rings. The van der Waals surface area contributed by atoms with Gasteiger partial charge in [0, 0.05) is 13.0 Å². The van der Waals surface area contributed by atoms with Crippen LogP contribution in [0.1, 0.15) is 32.1 Å². The first kappa shape index (κ1) is 14.8. The third-order valence-electron chi connectivity index (χ3n) is 2.92. The lowest BCUT2D eigenvalue weighted by Gasteiger charge is -2.33. The van der Waals surface area contributed by atoms with Crippen molar-refractivity contribution in [1.82, 2.24) is 4.90 Å². The van der Waals surface area contributed by atoms with Gasteiger partial charge in [0.05, 0.1) is 13.5 Å². The van der Waals surface area contributed by atoms with Crippen LogP contribution in [-0.4, -0.2) is 42.6 Å². The summed E-state index contributed by atoms with van der Waals surface area (Å²) >= 11 is 0. The molecule has 0 aliphatic carbocycles. The minimum absolute atomic E-state index is 0.316.